The van der Waals surface area contributed by atoms with E-state index in [9.17, 15) is 0 Å². The maximum absolute atomic E-state index is 5.20. The second kappa shape index (κ2) is 7.40. The molecule has 3 heterocycles. The Kier molecular flexibility index (Phi) is 4.27. The highest BCUT2D eigenvalue weighted by atomic mass is 15.1. The molecule has 0 amide bonds. The number of hydrogen-bond acceptors (Lipinski definition) is 2. The third kappa shape index (κ3) is 3.26. The fourth-order valence-corrected chi connectivity index (χ4v) is 4.46. The zero-order valence-electron chi connectivity index (χ0n) is 17.1. The van der Waals surface area contributed by atoms with Crippen LogP contribution in [-0.2, 0) is 13.0 Å². The minimum absolute atomic E-state index is 0.0272. The lowest BCUT2D eigenvalue weighted by atomic mass is 10.0. The van der Waals surface area contributed by atoms with E-state index in [1.807, 2.05) is 12.1 Å². The number of nitrogens with zero attached hydrogens (tertiary/aromatic N) is 3. The van der Waals surface area contributed by atoms with E-state index < -0.39 is 0 Å². The minimum atomic E-state index is -0.0272. The van der Waals surface area contributed by atoms with Crippen LogP contribution >= 0.6 is 0 Å². The van der Waals surface area contributed by atoms with Crippen LogP contribution in [0, 0.1) is 0 Å². The Bertz CT molecular complexity index is 1380. The molecule has 4 nitrogen and oxygen atoms in total. The fourth-order valence-electron chi connectivity index (χ4n) is 4.46. The van der Waals surface area contributed by atoms with Gasteiger partial charge in [0.15, 0.2) is 0 Å². The molecule has 1 aliphatic heterocycles. The van der Waals surface area contributed by atoms with Gasteiger partial charge in [-0.1, -0.05) is 78.9 Å². The molecule has 0 bridgehead atoms. The van der Waals surface area contributed by atoms with Gasteiger partial charge in [0.2, 0.25) is 0 Å². The number of fused-ring (bicyclic) bond motifs is 2. The van der Waals surface area contributed by atoms with Crippen LogP contribution in [-0.4, -0.2) is 20.2 Å². The second-order valence-corrected chi connectivity index (χ2v) is 8.00. The average molecular weight is 403 g/mol. The summed E-state index contributed by atoms with van der Waals surface area (Å²) >= 11 is 0. The molecular formula is C27H22N4. The van der Waals surface area contributed by atoms with Gasteiger partial charge in [-0.2, -0.15) is 0 Å². The SMILES string of the molecule is c1ccc(C2=N[C@@H](Cc3c[nH]c4ccccc34)c3nc(-c4ccccc4)cn3C2)cc1. The number of hydrogen-bond donors (Lipinski definition) is 1. The number of rotatable bonds is 4. The Morgan fingerprint density at radius 2 is 1.55 bits per heavy atom. The van der Waals surface area contributed by atoms with Gasteiger partial charge >= 0.3 is 0 Å². The Hall–Kier alpha value is -3.92. The predicted octanol–water partition coefficient (Wildman–Crippen LogP) is 5.82. The first-order valence-electron chi connectivity index (χ1n) is 10.6. The van der Waals surface area contributed by atoms with E-state index in [0.29, 0.717) is 0 Å². The van der Waals surface area contributed by atoms with Gasteiger partial charge in [0.1, 0.15) is 11.9 Å². The molecule has 1 aliphatic rings. The Labute approximate surface area is 180 Å². The van der Waals surface area contributed by atoms with Crippen molar-refractivity contribution in [3.63, 3.8) is 0 Å². The number of aromatic amines is 1. The highest BCUT2D eigenvalue weighted by molar-refractivity contribution is 6.01. The van der Waals surface area contributed by atoms with Crippen molar-refractivity contribution >= 4 is 16.6 Å². The number of imidazole rings is 1. The van der Waals surface area contributed by atoms with E-state index in [0.717, 1.165) is 41.3 Å². The van der Waals surface area contributed by atoms with Gasteiger partial charge in [-0.25, -0.2) is 4.98 Å². The summed E-state index contributed by atoms with van der Waals surface area (Å²) in [6.45, 7) is 0.740. The molecule has 6 rings (SSSR count). The number of benzene rings is 3. The van der Waals surface area contributed by atoms with E-state index >= 15 is 0 Å². The van der Waals surface area contributed by atoms with E-state index in [4.69, 9.17) is 9.98 Å². The first-order valence-corrected chi connectivity index (χ1v) is 10.6. The lowest BCUT2D eigenvalue weighted by Crippen LogP contribution is -2.23. The summed E-state index contributed by atoms with van der Waals surface area (Å²) < 4.78 is 2.27. The molecular weight excluding hydrogens is 380 g/mol. The topological polar surface area (TPSA) is 46.0 Å². The Balaban J connectivity index is 1.44. The monoisotopic (exact) mass is 402 g/mol. The maximum atomic E-state index is 5.20. The molecule has 31 heavy (non-hydrogen) atoms. The summed E-state index contributed by atoms with van der Waals surface area (Å²) in [5.41, 5.74) is 6.85. The third-order valence-electron chi connectivity index (χ3n) is 6.00. The molecule has 2 aromatic heterocycles. The van der Waals surface area contributed by atoms with Crippen molar-refractivity contribution in [2.45, 2.75) is 19.0 Å². The van der Waals surface area contributed by atoms with Crippen molar-refractivity contribution in [3.8, 4) is 11.3 Å². The molecule has 0 unspecified atom stereocenters. The molecule has 0 fully saturated rings. The van der Waals surface area contributed by atoms with Gasteiger partial charge in [-0.15, -0.1) is 0 Å². The molecule has 4 heteroatoms. The van der Waals surface area contributed by atoms with Gasteiger partial charge < -0.3 is 9.55 Å². The Morgan fingerprint density at radius 1 is 0.839 bits per heavy atom. The summed E-state index contributed by atoms with van der Waals surface area (Å²) in [7, 11) is 0. The van der Waals surface area contributed by atoms with E-state index in [-0.39, 0.29) is 6.04 Å². The molecule has 0 saturated carbocycles. The first-order chi connectivity index (χ1) is 15.3. The molecule has 0 radical (unpaired) electrons. The molecule has 0 saturated heterocycles. The molecule has 0 aliphatic carbocycles. The quantitative estimate of drug-likeness (QED) is 0.405. The number of para-hydroxylation sites is 1. The predicted molar refractivity (Wildman–Crippen MR) is 125 cm³/mol. The van der Waals surface area contributed by atoms with Gasteiger partial charge in [-0.05, 0) is 17.2 Å². The molecule has 0 spiro atoms. The van der Waals surface area contributed by atoms with Crippen LogP contribution in [0.25, 0.3) is 22.2 Å². The molecule has 1 N–H and O–H groups in total. The van der Waals surface area contributed by atoms with E-state index in [1.54, 1.807) is 0 Å². The smallest absolute Gasteiger partial charge is 0.135 e. The van der Waals surface area contributed by atoms with Crippen LogP contribution in [0.15, 0.2) is 102 Å². The van der Waals surface area contributed by atoms with Gasteiger partial charge in [0.05, 0.1) is 18.0 Å². The Morgan fingerprint density at radius 3 is 2.35 bits per heavy atom. The van der Waals surface area contributed by atoms with Gasteiger partial charge in [0.25, 0.3) is 0 Å². The zero-order chi connectivity index (χ0) is 20.6. The summed E-state index contributed by atoms with van der Waals surface area (Å²) in [5, 5.41) is 1.26. The summed E-state index contributed by atoms with van der Waals surface area (Å²) in [6, 6.07) is 29.3. The summed E-state index contributed by atoms with van der Waals surface area (Å²) in [6.07, 6.45) is 5.10. The van der Waals surface area contributed by atoms with Gasteiger partial charge in [-0.3, -0.25) is 4.99 Å². The zero-order valence-corrected chi connectivity index (χ0v) is 17.1. The van der Waals surface area contributed by atoms with Crippen LogP contribution < -0.4 is 0 Å². The third-order valence-corrected chi connectivity index (χ3v) is 6.00. The van der Waals surface area contributed by atoms with Crippen molar-refractivity contribution in [2.75, 3.05) is 0 Å². The normalized spacial score (nSPS) is 15.6. The minimum Gasteiger partial charge on any atom is -0.361 e. The van der Waals surface area contributed by atoms with E-state index in [2.05, 4.69) is 94.7 Å². The highest BCUT2D eigenvalue weighted by Gasteiger charge is 2.26. The molecule has 5 aromatic rings. The summed E-state index contributed by atoms with van der Waals surface area (Å²) in [5.74, 6) is 1.03. The second-order valence-electron chi connectivity index (χ2n) is 8.00. The lowest BCUT2D eigenvalue weighted by molar-refractivity contribution is 0.597. The van der Waals surface area contributed by atoms with Crippen molar-refractivity contribution in [3.05, 3.63) is 114 Å². The largest absolute Gasteiger partial charge is 0.361 e. The van der Waals surface area contributed by atoms with Crippen LogP contribution in [0.1, 0.15) is 23.0 Å². The first kappa shape index (κ1) is 17.9. The fraction of sp³-hybridized carbons (Fsp3) is 0.111. The van der Waals surface area contributed by atoms with Crippen LogP contribution in [0.5, 0.6) is 0 Å². The number of aliphatic imine (C=N–C) groups is 1. The van der Waals surface area contributed by atoms with Crippen LogP contribution in [0.3, 0.4) is 0 Å². The van der Waals surface area contributed by atoms with Gasteiger partial charge in [0, 0.05) is 35.3 Å². The standard InChI is InChI=1S/C27H22N4/c1-3-9-19(10-4-1)25-17-31-18-26(20-11-5-2-6-12-20)30-27(31)24(29-25)15-21-16-28-23-14-8-7-13-22(21)23/h1-14,16,18,24,28H,15,17H2/t24-/m0/s1. The van der Waals surface area contributed by atoms with Crippen LogP contribution in [0.4, 0.5) is 0 Å². The van der Waals surface area contributed by atoms with Crippen molar-refractivity contribution in [1.82, 2.24) is 14.5 Å². The number of aromatic nitrogens is 3. The van der Waals surface area contributed by atoms with Crippen molar-refractivity contribution in [1.29, 1.82) is 0 Å². The molecule has 1 atom stereocenters. The summed E-state index contributed by atoms with van der Waals surface area (Å²) in [4.78, 5) is 13.6. The number of nitrogens with one attached hydrogen (secondary N) is 1. The molecule has 150 valence electrons. The molecule has 3 aromatic carbocycles. The maximum Gasteiger partial charge on any atom is 0.135 e. The lowest BCUT2D eigenvalue weighted by Gasteiger charge is -2.22. The average Bonchev–Trinajstić information content (AvgIpc) is 3.45. The highest BCUT2D eigenvalue weighted by Crippen LogP contribution is 2.32. The number of H-pyrrole nitrogens is 1. The van der Waals surface area contributed by atoms with Crippen molar-refractivity contribution in [2.24, 2.45) is 4.99 Å². The van der Waals surface area contributed by atoms with Crippen molar-refractivity contribution < 1.29 is 0 Å². The van der Waals surface area contributed by atoms with E-state index in [1.165, 1.54) is 16.5 Å². The van der Waals surface area contributed by atoms with Crippen LogP contribution in [0.2, 0.25) is 0 Å².